The van der Waals surface area contributed by atoms with Crippen molar-refractivity contribution in [3.63, 3.8) is 0 Å². The number of nitrogens with zero attached hydrogens (tertiary/aromatic N) is 1. The average molecular weight is 433 g/mol. The molecular formula is C31H30NO+. The fourth-order valence-corrected chi connectivity index (χ4v) is 4.95. The van der Waals surface area contributed by atoms with Crippen LogP contribution in [0.25, 0.3) is 0 Å². The lowest BCUT2D eigenvalue weighted by Crippen LogP contribution is -2.29. The van der Waals surface area contributed by atoms with E-state index in [0.29, 0.717) is 12.6 Å². The zero-order valence-corrected chi connectivity index (χ0v) is 19.5. The molecule has 5 rings (SSSR count). The second-order valence-electron chi connectivity index (χ2n) is 9.17. The van der Waals surface area contributed by atoms with Crippen molar-refractivity contribution in [1.29, 1.82) is 0 Å². The van der Waals surface area contributed by atoms with Crippen molar-refractivity contribution in [2.24, 2.45) is 0 Å². The van der Waals surface area contributed by atoms with Gasteiger partial charge in [-0.25, -0.2) is 0 Å². The fourth-order valence-electron chi connectivity index (χ4n) is 4.95. The van der Waals surface area contributed by atoms with E-state index in [9.17, 15) is 0 Å². The number of hydrogen-bond acceptors (Lipinski definition) is 1. The molecule has 0 saturated heterocycles. The predicted molar refractivity (Wildman–Crippen MR) is 136 cm³/mol. The molecule has 0 fully saturated rings. The molecule has 0 saturated carbocycles. The van der Waals surface area contributed by atoms with Gasteiger partial charge in [0.1, 0.15) is 5.75 Å². The van der Waals surface area contributed by atoms with E-state index >= 15 is 0 Å². The molecule has 0 amide bonds. The molecule has 0 unspecified atom stereocenters. The first-order valence-electron chi connectivity index (χ1n) is 11.7. The maximum Gasteiger partial charge on any atom is 0.292 e. The summed E-state index contributed by atoms with van der Waals surface area (Å²) in [6.07, 6.45) is 2.24. The lowest BCUT2D eigenvalue weighted by Gasteiger charge is -2.34. The van der Waals surface area contributed by atoms with Gasteiger partial charge < -0.3 is 4.74 Å². The summed E-state index contributed by atoms with van der Waals surface area (Å²) in [5.74, 6) is 1.41. The molecule has 2 nitrogen and oxygen atoms in total. The van der Waals surface area contributed by atoms with E-state index in [0.717, 1.165) is 11.3 Å². The zero-order chi connectivity index (χ0) is 22.8. The molecular weight excluding hydrogens is 402 g/mol. The fraction of sp³-hybridized carbons (Fsp3) is 0.194. The van der Waals surface area contributed by atoms with Crippen LogP contribution < -0.4 is 4.74 Å². The van der Waals surface area contributed by atoms with E-state index in [1.807, 2.05) is 0 Å². The van der Waals surface area contributed by atoms with Crippen molar-refractivity contribution >= 4 is 11.9 Å². The topological polar surface area (TPSA) is 12.2 Å². The maximum atomic E-state index is 6.54. The van der Waals surface area contributed by atoms with Crippen LogP contribution >= 0.6 is 0 Å². The van der Waals surface area contributed by atoms with Crippen LogP contribution in [0.4, 0.5) is 5.69 Å². The molecule has 4 aromatic rings. The Morgan fingerprint density at radius 3 is 1.97 bits per heavy atom. The third-order valence-corrected chi connectivity index (χ3v) is 6.80. The van der Waals surface area contributed by atoms with E-state index in [-0.39, 0.29) is 5.41 Å². The van der Waals surface area contributed by atoms with Gasteiger partial charge in [-0.05, 0) is 30.0 Å². The first-order chi connectivity index (χ1) is 16.1. The largest absolute Gasteiger partial charge is 0.435 e. The van der Waals surface area contributed by atoms with Crippen molar-refractivity contribution < 1.29 is 9.31 Å². The smallest absolute Gasteiger partial charge is 0.292 e. The van der Waals surface area contributed by atoms with Gasteiger partial charge in [0.25, 0.3) is 6.73 Å². The molecule has 0 spiro atoms. The minimum Gasteiger partial charge on any atom is -0.435 e. The molecule has 0 bridgehead atoms. The first-order valence-corrected chi connectivity index (χ1v) is 11.7. The Morgan fingerprint density at radius 2 is 1.33 bits per heavy atom. The summed E-state index contributed by atoms with van der Waals surface area (Å²) in [5, 5.41) is 0. The summed E-state index contributed by atoms with van der Waals surface area (Å²) in [4.78, 5) is 0. The van der Waals surface area contributed by atoms with Gasteiger partial charge in [0.2, 0.25) is 5.69 Å². The molecule has 164 valence electrons. The molecule has 0 radical (unpaired) electrons. The van der Waals surface area contributed by atoms with E-state index < -0.39 is 0 Å². The summed E-state index contributed by atoms with van der Waals surface area (Å²) >= 11 is 0. The second kappa shape index (κ2) is 8.71. The van der Waals surface area contributed by atoms with Crippen LogP contribution in [0.15, 0.2) is 103 Å². The number of fused-ring (bicyclic) bond motifs is 1. The number of benzene rings is 4. The van der Waals surface area contributed by atoms with Crippen molar-refractivity contribution in [3.05, 3.63) is 131 Å². The van der Waals surface area contributed by atoms with E-state index in [4.69, 9.17) is 4.74 Å². The molecule has 0 N–H and O–H groups in total. The summed E-state index contributed by atoms with van der Waals surface area (Å²) in [7, 11) is 0. The molecule has 1 aliphatic heterocycles. The molecule has 1 heterocycles. The Morgan fingerprint density at radius 1 is 0.727 bits per heavy atom. The summed E-state index contributed by atoms with van der Waals surface area (Å²) in [6.45, 7) is 7.27. The Hall–Kier alpha value is -3.65. The normalized spacial score (nSPS) is 13.3. The lowest BCUT2D eigenvalue weighted by molar-refractivity contribution is -0.476. The molecule has 2 heteroatoms. The van der Waals surface area contributed by atoms with Gasteiger partial charge in [-0.3, -0.25) is 0 Å². The molecule has 0 aliphatic carbocycles. The Bertz CT molecular complexity index is 1250. The van der Waals surface area contributed by atoms with Crippen molar-refractivity contribution in [2.45, 2.75) is 32.1 Å². The molecule has 33 heavy (non-hydrogen) atoms. The van der Waals surface area contributed by atoms with Crippen molar-refractivity contribution in [2.75, 3.05) is 6.73 Å². The van der Waals surface area contributed by atoms with E-state index in [1.165, 1.54) is 27.9 Å². The van der Waals surface area contributed by atoms with Crippen LogP contribution in [-0.4, -0.2) is 17.5 Å². The lowest BCUT2D eigenvalue weighted by atomic mass is 9.70. The third-order valence-electron chi connectivity index (χ3n) is 6.80. The zero-order valence-electron chi connectivity index (χ0n) is 19.5. The van der Waals surface area contributed by atoms with Gasteiger partial charge in [-0.15, -0.1) is 0 Å². The van der Waals surface area contributed by atoms with Gasteiger partial charge in [-0.2, -0.15) is 4.58 Å². The third kappa shape index (κ3) is 3.76. The number of hydrogen-bond donors (Lipinski definition) is 0. The summed E-state index contributed by atoms with van der Waals surface area (Å²) in [6, 6.07) is 36.6. The van der Waals surface area contributed by atoms with Crippen LogP contribution in [0.2, 0.25) is 0 Å². The van der Waals surface area contributed by atoms with Crippen LogP contribution in [0.1, 0.15) is 54.5 Å². The Labute approximate surface area is 196 Å². The van der Waals surface area contributed by atoms with Crippen LogP contribution in [0.5, 0.6) is 5.75 Å². The SMILES string of the molecule is CC(C)c1ccccc1[N+]1=Cc2cccc(C(C)(c3ccccc3)c3ccccc3)c2OC1. The Balaban J connectivity index is 1.68. The van der Waals surface area contributed by atoms with Gasteiger partial charge in [0, 0.05) is 22.6 Å². The highest BCUT2D eigenvalue weighted by Crippen LogP contribution is 2.44. The van der Waals surface area contributed by atoms with Crippen LogP contribution in [0.3, 0.4) is 0 Å². The minimum absolute atomic E-state index is 0.334. The molecule has 4 aromatic carbocycles. The van der Waals surface area contributed by atoms with Crippen molar-refractivity contribution in [1.82, 2.24) is 0 Å². The minimum atomic E-state index is -0.334. The highest BCUT2D eigenvalue weighted by Gasteiger charge is 2.36. The van der Waals surface area contributed by atoms with Crippen LogP contribution in [0, 0.1) is 0 Å². The quantitative estimate of drug-likeness (QED) is 0.238. The first kappa shape index (κ1) is 21.2. The standard InChI is InChI=1S/C31H30NO/c1-23(2)27-18-10-11-20-29(27)32-21-24-13-12-19-28(30(24)33-22-32)31(3,25-14-6-4-7-15-25)26-16-8-5-9-17-26/h4-21,23H,22H2,1-3H3/q+1. The summed E-state index contributed by atoms with van der Waals surface area (Å²) in [5.41, 5.74) is 7.00. The van der Waals surface area contributed by atoms with Crippen molar-refractivity contribution in [3.8, 4) is 5.75 Å². The second-order valence-corrected chi connectivity index (χ2v) is 9.17. The number of rotatable bonds is 5. The predicted octanol–water partition coefficient (Wildman–Crippen LogP) is 7.28. The van der Waals surface area contributed by atoms with E-state index in [2.05, 4.69) is 135 Å². The Kier molecular flexibility index (Phi) is 5.60. The molecule has 0 aromatic heterocycles. The highest BCUT2D eigenvalue weighted by atomic mass is 16.5. The molecule has 0 atom stereocenters. The number of para-hydroxylation sites is 2. The van der Waals surface area contributed by atoms with Gasteiger partial charge >= 0.3 is 0 Å². The van der Waals surface area contributed by atoms with E-state index in [1.54, 1.807) is 0 Å². The average Bonchev–Trinajstić information content (AvgIpc) is 2.88. The van der Waals surface area contributed by atoms with Gasteiger partial charge in [-0.1, -0.05) is 105 Å². The van der Waals surface area contributed by atoms with Crippen LogP contribution in [-0.2, 0) is 5.41 Å². The van der Waals surface area contributed by atoms with Gasteiger partial charge in [0.15, 0.2) is 6.21 Å². The monoisotopic (exact) mass is 432 g/mol. The number of ether oxygens (including phenoxy) is 1. The highest BCUT2D eigenvalue weighted by molar-refractivity contribution is 5.83. The van der Waals surface area contributed by atoms with Gasteiger partial charge in [0.05, 0.1) is 5.56 Å². The maximum absolute atomic E-state index is 6.54. The molecule has 1 aliphatic rings. The summed E-state index contributed by atoms with van der Waals surface area (Å²) < 4.78 is 8.77.